The number of hydrogen-bond acceptors (Lipinski definition) is 4. The van der Waals surface area contributed by atoms with Gasteiger partial charge in [0.15, 0.2) is 0 Å². The molecule has 0 radical (unpaired) electrons. The van der Waals surface area contributed by atoms with Crippen molar-refractivity contribution in [2.24, 2.45) is 5.92 Å². The van der Waals surface area contributed by atoms with Crippen LogP contribution in [0.2, 0.25) is 0 Å². The SMILES string of the molecule is O[C@@H]1CCOC[C@H]1[C@@H]1CCCN1c1ccnc2ccccc12. The van der Waals surface area contributed by atoms with Crippen molar-refractivity contribution in [3.8, 4) is 0 Å². The summed E-state index contributed by atoms with van der Waals surface area (Å²) in [7, 11) is 0. The van der Waals surface area contributed by atoms with Gasteiger partial charge in [0.1, 0.15) is 0 Å². The van der Waals surface area contributed by atoms with Crippen molar-refractivity contribution in [1.82, 2.24) is 4.98 Å². The molecular weight excluding hydrogens is 276 g/mol. The molecule has 0 amide bonds. The van der Waals surface area contributed by atoms with E-state index in [1.165, 1.54) is 17.5 Å². The Labute approximate surface area is 130 Å². The van der Waals surface area contributed by atoms with Crippen molar-refractivity contribution in [3.63, 3.8) is 0 Å². The molecule has 116 valence electrons. The second kappa shape index (κ2) is 5.86. The lowest BCUT2D eigenvalue weighted by Gasteiger charge is -2.38. The fourth-order valence-electron chi connectivity index (χ4n) is 3.98. The second-order valence-electron chi connectivity index (χ2n) is 6.34. The van der Waals surface area contributed by atoms with Crippen LogP contribution in [0.3, 0.4) is 0 Å². The molecule has 1 aromatic carbocycles. The molecular formula is C18H22N2O2. The number of aliphatic hydroxyl groups is 1. The van der Waals surface area contributed by atoms with Gasteiger partial charge in [0.2, 0.25) is 0 Å². The summed E-state index contributed by atoms with van der Waals surface area (Å²) in [5, 5.41) is 11.6. The number of aliphatic hydroxyl groups excluding tert-OH is 1. The van der Waals surface area contributed by atoms with Crippen LogP contribution in [0.15, 0.2) is 36.5 Å². The normalized spacial score (nSPS) is 29.1. The van der Waals surface area contributed by atoms with E-state index in [9.17, 15) is 5.11 Å². The minimum atomic E-state index is -0.243. The zero-order valence-electron chi connectivity index (χ0n) is 12.7. The minimum Gasteiger partial charge on any atom is -0.393 e. The number of fused-ring (bicyclic) bond motifs is 1. The average molecular weight is 298 g/mol. The van der Waals surface area contributed by atoms with Gasteiger partial charge in [-0.25, -0.2) is 0 Å². The quantitative estimate of drug-likeness (QED) is 0.925. The maximum atomic E-state index is 10.4. The molecule has 2 aliphatic rings. The fourth-order valence-corrected chi connectivity index (χ4v) is 3.98. The smallest absolute Gasteiger partial charge is 0.0722 e. The van der Waals surface area contributed by atoms with Crippen molar-refractivity contribution in [3.05, 3.63) is 36.5 Å². The predicted octanol–water partition coefficient (Wildman–Crippen LogP) is 2.60. The van der Waals surface area contributed by atoms with E-state index in [-0.39, 0.29) is 12.0 Å². The standard InChI is InChI=1S/C18H22N2O2/c21-18-8-11-22-12-14(18)16-6-3-10-20(16)17-7-9-19-15-5-2-1-4-13(15)17/h1-2,4-5,7,9,14,16,18,21H,3,6,8,10-12H2/t14-,16-,18+/m0/s1. The Hall–Kier alpha value is -1.65. The van der Waals surface area contributed by atoms with Gasteiger partial charge in [0.05, 0.1) is 18.2 Å². The highest BCUT2D eigenvalue weighted by Gasteiger charge is 2.38. The van der Waals surface area contributed by atoms with E-state index in [0.29, 0.717) is 19.3 Å². The number of hydrogen-bond donors (Lipinski definition) is 1. The van der Waals surface area contributed by atoms with Gasteiger partial charge in [0, 0.05) is 42.4 Å². The molecule has 0 bridgehead atoms. The highest BCUT2D eigenvalue weighted by molar-refractivity contribution is 5.91. The largest absolute Gasteiger partial charge is 0.393 e. The van der Waals surface area contributed by atoms with Gasteiger partial charge in [-0.2, -0.15) is 0 Å². The topological polar surface area (TPSA) is 45.6 Å². The molecule has 0 saturated carbocycles. The first-order valence-corrected chi connectivity index (χ1v) is 8.21. The highest BCUT2D eigenvalue weighted by atomic mass is 16.5. The molecule has 1 N–H and O–H groups in total. The maximum Gasteiger partial charge on any atom is 0.0722 e. The highest BCUT2D eigenvalue weighted by Crippen LogP contribution is 2.36. The predicted molar refractivity (Wildman–Crippen MR) is 87.0 cm³/mol. The van der Waals surface area contributed by atoms with Crippen LogP contribution in [0, 0.1) is 5.92 Å². The zero-order valence-corrected chi connectivity index (χ0v) is 12.7. The number of aromatic nitrogens is 1. The molecule has 2 aliphatic heterocycles. The molecule has 3 heterocycles. The Kier molecular flexibility index (Phi) is 3.72. The van der Waals surface area contributed by atoms with Gasteiger partial charge in [0.25, 0.3) is 0 Å². The summed E-state index contributed by atoms with van der Waals surface area (Å²) in [6, 6.07) is 10.8. The summed E-state index contributed by atoms with van der Waals surface area (Å²) in [6.07, 6.45) is 4.70. The van der Waals surface area contributed by atoms with E-state index >= 15 is 0 Å². The van der Waals surface area contributed by atoms with Crippen LogP contribution >= 0.6 is 0 Å². The number of anilines is 1. The molecule has 22 heavy (non-hydrogen) atoms. The third-order valence-electron chi connectivity index (χ3n) is 5.09. The summed E-state index contributed by atoms with van der Waals surface area (Å²) in [5.74, 6) is 0.211. The van der Waals surface area contributed by atoms with Crippen LogP contribution in [-0.2, 0) is 4.74 Å². The summed E-state index contributed by atoms with van der Waals surface area (Å²) >= 11 is 0. The number of ether oxygens (including phenoxy) is 1. The monoisotopic (exact) mass is 298 g/mol. The molecule has 2 aromatic rings. The Bertz CT molecular complexity index is 655. The van der Waals surface area contributed by atoms with Crippen molar-refractivity contribution in [2.45, 2.75) is 31.4 Å². The molecule has 2 fully saturated rings. The first kappa shape index (κ1) is 14.0. The molecule has 2 saturated heterocycles. The van der Waals surface area contributed by atoms with Crippen LogP contribution in [0.1, 0.15) is 19.3 Å². The zero-order chi connectivity index (χ0) is 14.9. The summed E-state index contributed by atoms with van der Waals surface area (Å²) < 4.78 is 5.64. The number of rotatable bonds is 2. The van der Waals surface area contributed by atoms with Gasteiger partial charge < -0.3 is 14.7 Å². The minimum absolute atomic E-state index is 0.211. The summed E-state index contributed by atoms with van der Waals surface area (Å²) in [5.41, 5.74) is 2.27. The summed E-state index contributed by atoms with van der Waals surface area (Å²) in [4.78, 5) is 6.93. The second-order valence-corrected chi connectivity index (χ2v) is 6.34. The van der Waals surface area contributed by atoms with Crippen LogP contribution in [0.4, 0.5) is 5.69 Å². The van der Waals surface area contributed by atoms with Gasteiger partial charge in [-0.1, -0.05) is 18.2 Å². The number of benzene rings is 1. The first-order chi connectivity index (χ1) is 10.8. The lowest BCUT2D eigenvalue weighted by Crippen LogP contribution is -2.46. The van der Waals surface area contributed by atoms with E-state index < -0.39 is 0 Å². The lowest BCUT2D eigenvalue weighted by molar-refractivity contribution is -0.0437. The van der Waals surface area contributed by atoms with Crippen molar-refractivity contribution in [1.29, 1.82) is 0 Å². The lowest BCUT2D eigenvalue weighted by atomic mass is 9.89. The van der Waals surface area contributed by atoms with Crippen LogP contribution in [0.5, 0.6) is 0 Å². The Morgan fingerprint density at radius 2 is 2.09 bits per heavy atom. The van der Waals surface area contributed by atoms with Crippen molar-refractivity contribution >= 4 is 16.6 Å². The van der Waals surface area contributed by atoms with Gasteiger partial charge in [-0.3, -0.25) is 4.98 Å². The number of pyridine rings is 1. The van der Waals surface area contributed by atoms with Crippen molar-refractivity contribution in [2.75, 3.05) is 24.7 Å². The van der Waals surface area contributed by atoms with Crippen LogP contribution in [-0.4, -0.2) is 42.0 Å². The molecule has 0 aliphatic carbocycles. The molecule has 4 rings (SSSR count). The molecule has 3 atom stereocenters. The van der Waals surface area contributed by atoms with E-state index in [4.69, 9.17) is 4.74 Å². The maximum absolute atomic E-state index is 10.4. The van der Waals surface area contributed by atoms with Crippen LogP contribution in [0.25, 0.3) is 10.9 Å². The molecule has 0 unspecified atom stereocenters. The molecule has 1 aromatic heterocycles. The van der Waals surface area contributed by atoms with Gasteiger partial charge in [-0.05, 0) is 31.4 Å². The third kappa shape index (κ3) is 2.36. The van der Waals surface area contributed by atoms with Gasteiger partial charge in [-0.15, -0.1) is 0 Å². The first-order valence-electron chi connectivity index (χ1n) is 8.21. The Balaban J connectivity index is 1.70. The number of nitrogens with zero attached hydrogens (tertiary/aromatic N) is 2. The molecule has 4 heteroatoms. The van der Waals surface area contributed by atoms with Crippen LogP contribution < -0.4 is 4.90 Å². The van der Waals surface area contributed by atoms with E-state index in [1.807, 2.05) is 12.3 Å². The third-order valence-corrected chi connectivity index (χ3v) is 5.09. The van der Waals surface area contributed by atoms with E-state index in [2.05, 4.69) is 34.1 Å². The molecule has 4 nitrogen and oxygen atoms in total. The van der Waals surface area contributed by atoms with E-state index in [1.54, 1.807) is 0 Å². The number of para-hydroxylation sites is 1. The average Bonchev–Trinajstić information content (AvgIpc) is 3.04. The Morgan fingerprint density at radius 1 is 1.18 bits per heavy atom. The van der Waals surface area contributed by atoms with Gasteiger partial charge >= 0.3 is 0 Å². The van der Waals surface area contributed by atoms with Crippen molar-refractivity contribution < 1.29 is 9.84 Å². The molecule has 0 spiro atoms. The Morgan fingerprint density at radius 3 is 3.00 bits per heavy atom. The summed E-state index contributed by atoms with van der Waals surface area (Å²) in [6.45, 7) is 2.40. The fraction of sp³-hybridized carbons (Fsp3) is 0.500. The van der Waals surface area contributed by atoms with E-state index in [0.717, 1.165) is 24.9 Å².